The number of benzene rings is 2. The molecule has 0 atom stereocenters. The summed E-state index contributed by atoms with van der Waals surface area (Å²) in [6.45, 7) is 0. The van der Waals surface area contributed by atoms with Gasteiger partial charge in [-0.2, -0.15) is 4.39 Å². The van der Waals surface area contributed by atoms with Gasteiger partial charge in [0.05, 0.1) is 40.3 Å². The molecule has 126 valence electrons. The molecular weight excluding hydrogens is 336 g/mol. The average molecular weight is 345 g/mol. The molecule has 0 saturated heterocycles. The van der Waals surface area contributed by atoms with Crippen molar-refractivity contribution in [1.29, 1.82) is 0 Å². The van der Waals surface area contributed by atoms with E-state index in [1.807, 2.05) is 0 Å². The van der Waals surface area contributed by atoms with E-state index < -0.39 is 33.7 Å². The fourth-order valence-electron chi connectivity index (χ4n) is 2.16. The second-order valence-corrected chi connectivity index (χ2v) is 4.86. The van der Waals surface area contributed by atoms with Crippen molar-refractivity contribution in [3.63, 3.8) is 0 Å². The zero-order chi connectivity index (χ0) is 18.0. The number of carbonyl (C=O) groups excluding carboxylic acids is 1. The Labute approximate surface area is 138 Å². The molecule has 25 heavy (non-hydrogen) atoms. The summed E-state index contributed by atoms with van der Waals surface area (Å²) < 4.78 is 29.0. The third-order valence-corrected chi connectivity index (χ3v) is 3.30. The molecule has 0 radical (unpaired) electrons. The maximum atomic E-state index is 14.0. The maximum absolute atomic E-state index is 14.0. The lowest BCUT2D eigenvalue weighted by Crippen LogP contribution is -2.16. The smallest absolute Gasteiger partial charge is 0.307 e. The highest BCUT2D eigenvalue weighted by atomic mass is 19.1. The van der Waals surface area contributed by atoms with E-state index in [1.165, 1.54) is 23.1 Å². The van der Waals surface area contributed by atoms with E-state index in [4.69, 9.17) is 0 Å². The second kappa shape index (κ2) is 6.43. The highest BCUT2D eigenvalue weighted by Gasteiger charge is 2.22. The topological polar surface area (TPSA) is 103 Å². The summed E-state index contributed by atoms with van der Waals surface area (Å²) in [7, 11) is 0. The van der Waals surface area contributed by atoms with Gasteiger partial charge in [-0.25, -0.2) is 9.07 Å². The first-order chi connectivity index (χ1) is 12.0. The van der Waals surface area contributed by atoms with E-state index in [0.29, 0.717) is 17.8 Å². The van der Waals surface area contributed by atoms with Crippen molar-refractivity contribution in [3.8, 4) is 5.69 Å². The molecule has 1 amide bonds. The van der Waals surface area contributed by atoms with Crippen LogP contribution in [0.4, 0.5) is 20.2 Å². The molecule has 0 bridgehead atoms. The molecule has 0 aliphatic heterocycles. The summed E-state index contributed by atoms with van der Waals surface area (Å²) in [6, 6.07) is 7.35. The summed E-state index contributed by atoms with van der Waals surface area (Å²) in [6.07, 6.45) is 2.97. The molecule has 3 aromatic rings. The summed E-state index contributed by atoms with van der Waals surface area (Å²) >= 11 is 0. The number of hydrogen-bond donors (Lipinski definition) is 1. The number of amides is 1. The van der Waals surface area contributed by atoms with Gasteiger partial charge in [-0.15, -0.1) is 5.10 Å². The molecule has 8 nitrogen and oxygen atoms in total. The van der Waals surface area contributed by atoms with Gasteiger partial charge in [-0.05, 0) is 18.2 Å². The molecule has 0 fully saturated rings. The minimum atomic E-state index is -1.30. The Kier molecular flexibility index (Phi) is 4.16. The van der Waals surface area contributed by atoms with E-state index in [0.717, 1.165) is 0 Å². The molecule has 0 spiro atoms. The molecule has 1 aromatic heterocycles. The van der Waals surface area contributed by atoms with Crippen LogP contribution in [0.1, 0.15) is 10.4 Å². The van der Waals surface area contributed by atoms with Crippen LogP contribution < -0.4 is 5.32 Å². The largest absolute Gasteiger partial charge is 0.320 e. The van der Waals surface area contributed by atoms with Crippen molar-refractivity contribution in [3.05, 3.63) is 76.1 Å². The van der Waals surface area contributed by atoms with Gasteiger partial charge < -0.3 is 5.32 Å². The highest BCUT2D eigenvalue weighted by Crippen LogP contribution is 2.24. The number of nitro benzene ring substituents is 1. The van der Waals surface area contributed by atoms with E-state index in [2.05, 4.69) is 15.6 Å². The number of halogens is 2. The van der Waals surface area contributed by atoms with Crippen molar-refractivity contribution in [2.75, 3.05) is 5.32 Å². The number of nitro groups is 1. The lowest BCUT2D eigenvalue weighted by atomic mass is 10.1. The van der Waals surface area contributed by atoms with E-state index >= 15 is 0 Å². The van der Waals surface area contributed by atoms with Crippen LogP contribution in [0.5, 0.6) is 0 Å². The first kappa shape index (κ1) is 16.2. The van der Waals surface area contributed by atoms with Crippen LogP contribution in [-0.2, 0) is 0 Å². The van der Waals surface area contributed by atoms with Crippen LogP contribution in [0.2, 0.25) is 0 Å². The standard InChI is InChI=1S/C15H9F2N5O3/c16-10-8-14(22(24)25)11(17)7-9(10)15(23)19-12-3-1-2-4-13(12)21-6-5-18-20-21/h1-8H,(H,19,23). The highest BCUT2D eigenvalue weighted by molar-refractivity contribution is 6.05. The molecule has 1 N–H and O–H groups in total. The Morgan fingerprint density at radius 2 is 1.96 bits per heavy atom. The molecule has 0 aliphatic rings. The fraction of sp³-hybridized carbons (Fsp3) is 0. The molecule has 2 aromatic carbocycles. The molecule has 0 unspecified atom stereocenters. The van der Waals surface area contributed by atoms with Crippen LogP contribution in [-0.4, -0.2) is 25.8 Å². The predicted octanol–water partition coefficient (Wildman–Crippen LogP) is 2.71. The Morgan fingerprint density at radius 3 is 2.64 bits per heavy atom. The van der Waals surface area contributed by atoms with Crippen LogP contribution >= 0.6 is 0 Å². The van der Waals surface area contributed by atoms with Crippen molar-refractivity contribution in [2.45, 2.75) is 0 Å². The zero-order valence-electron chi connectivity index (χ0n) is 12.4. The average Bonchev–Trinajstić information content (AvgIpc) is 3.11. The van der Waals surface area contributed by atoms with Gasteiger partial charge in [0.25, 0.3) is 5.91 Å². The number of para-hydroxylation sites is 2. The molecular formula is C15H9F2N5O3. The Morgan fingerprint density at radius 1 is 1.20 bits per heavy atom. The van der Waals surface area contributed by atoms with Crippen molar-refractivity contribution < 1.29 is 18.5 Å². The van der Waals surface area contributed by atoms with E-state index in [9.17, 15) is 23.7 Å². The molecule has 0 saturated carbocycles. The second-order valence-electron chi connectivity index (χ2n) is 4.86. The summed E-state index contributed by atoms with van der Waals surface area (Å²) in [5.41, 5.74) is -0.971. The zero-order valence-corrected chi connectivity index (χ0v) is 12.4. The number of hydrogen-bond acceptors (Lipinski definition) is 5. The van der Waals surface area contributed by atoms with E-state index in [1.54, 1.807) is 18.2 Å². The number of carbonyl (C=O) groups is 1. The van der Waals surface area contributed by atoms with Gasteiger partial charge in [-0.1, -0.05) is 17.3 Å². The third kappa shape index (κ3) is 3.17. The fourth-order valence-corrected chi connectivity index (χ4v) is 2.16. The summed E-state index contributed by atoms with van der Waals surface area (Å²) in [4.78, 5) is 21.8. The monoisotopic (exact) mass is 345 g/mol. The Bertz CT molecular complexity index is 960. The molecule has 10 heteroatoms. The molecule has 3 rings (SSSR count). The van der Waals surface area contributed by atoms with Gasteiger partial charge in [0, 0.05) is 0 Å². The minimum Gasteiger partial charge on any atom is -0.320 e. The van der Waals surface area contributed by atoms with Crippen molar-refractivity contribution >= 4 is 17.3 Å². The minimum absolute atomic E-state index is 0.274. The Balaban J connectivity index is 1.94. The van der Waals surface area contributed by atoms with Crippen molar-refractivity contribution in [2.24, 2.45) is 0 Å². The first-order valence-corrected chi connectivity index (χ1v) is 6.88. The lowest BCUT2D eigenvalue weighted by Gasteiger charge is -2.11. The predicted molar refractivity (Wildman–Crippen MR) is 82.3 cm³/mol. The normalized spacial score (nSPS) is 10.5. The SMILES string of the molecule is O=C(Nc1ccccc1-n1ccnn1)c1cc(F)c([N+](=O)[O-])cc1F. The lowest BCUT2D eigenvalue weighted by molar-refractivity contribution is -0.387. The quantitative estimate of drug-likeness (QED) is 0.578. The van der Waals surface area contributed by atoms with Gasteiger partial charge in [0.15, 0.2) is 0 Å². The van der Waals surface area contributed by atoms with Crippen LogP contribution in [0.25, 0.3) is 5.69 Å². The van der Waals surface area contributed by atoms with Crippen molar-refractivity contribution in [1.82, 2.24) is 15.0 Å². The number of nitrogens with one attached hydrogen (secondary N) is 1. The third-order valence-electron chi connectivity index (χ3n) is 3.30. The van der Waals surface area contributed by atoms with Crippen LogP contribution in [0, 0.1) is 21.7 Å². The number of anilines is 1. The van der Waals surface area contributed by atoms with Gasteiger partial charge >= 0.3 is 5.69 Å². The summed E-state index contributed by atoms with van der Waals surface area (Å²) in [5.74, 6) is -3.47. The molecule has 1 heterocycles. The number of aromatic nitrogens is 3. The van der Waals surface area contributed by atoms with Gasteiger partial charge in [0.2, 0.25) is 5.82 Å². The van der Waals surface area contributed by atoms with Crippen LogP contribution in [0.15, 0.2) is 48.8 Å². The Hall–Kier alpha value is -3.69. The van der Waals surface area contributed by atoms with Gasteiger partial charge in [0.1, 0.15) is 5.82 Å². The first-order valence-electron chi connectivity index (χ1n) is 6.88. The van der Waals surface area contributed by atoms with Gasteiger partial charge in [-0.3, -0.25) is 14.9 Å². The van der Waals surface area contributed by atoms with Crippen LogP contribution in [0.3, 0.4) is 0 Å². The number of rotatable bonds is 4. The summed E-state index contributed by atoms with van der Waals surface area (Å²) in [5, 5.41) is 20.5. The number of nitrogens with zero attached hydrogens (tertiary/aromatic N) is 4. The van der Waals surface area contributed by atoms with E-state index in [-0.39, 0.29) is 5.69 Å². The maximum Gasteiger partial charge on any atom is 0.307 e. The molecule has 0 aliphatic carbocycles.